The first kappa shape index (κ1) is 21.0. The van der Waals surface area contributed by atoms with Crippen LogP contribution in [0.3, 0.4) is 0 Å². The summed E-state index contributed by atoms with van der Waals surface area (Å²) < 4.78 is 82.9. The molecule has 1 aromatic rings. The lowest BCUT2D eigenvalue weighted by molar-refractivity contribution is -0.224. The van der Waals surface area contributed by atoms with E-state index in [0.29, 0.717) is 12.0 Å². The zero-order valence-corrected chi connectivity index (χ0v) is 15.6. The van der Waals surface area contributed by atoms with E-state index in [4.69, 9.17) is 4.74 Å². The van der Waals surface area contributed by atoms with E-state index < -0.39 is 41.8 Å². The maximum absolute atomic E-state index is 13.0. The van der Waals surface area contributed by atoms with Gasteiger partial charge < -0.3 is 10.1 Å². The van der Waals surface area contributed by atoms with Gasteiger partial charge >= 0.3 is 24.2 Å². The summed E-state index contributed by atoms with van der Waals surface area (Å²) in [4.78, 5) is 23.5. The Labute approximate surface area is 168 Å². The van der Waals surface area contributed by atoms with E-state index in [1.165, 1.54) is 12.1 Å². The van der Waals surface area contributed by atoms with E-state index >= 15 is 0 Å². The van der Waals surface area contributed by atoms with Crippen LogP contribution >= 0.6 is 0 Å². The number of alkyl halides is 6. The van der Waals surface area contributed by atoms with Crippen LogP contribution in [0.1, 0.15) is 37.3 Å². The lowest BCUT2D eigenvalue weighted by Gasteiger charge is -2.46. The first-order valence-electron chi connectivity index (χ1n) is 9.63. The molecule has 1 N–H and O–H groups in total. The molecule has 4 fully saturated rings. The van der Waals surface area contributed by atoms with Gasteiger partial charge in [0.25, 0.3) is 0 Å². The van der Waals surface area contributed by atoms with Gasteiger partial charge in [-0.25, -0.2) is 4.79 Å². The minimum atomic E-state index is -5.21. The number of rotatable bonds is 4. The topological polar surface area (TPSA) is 55.4 Å². The number of esters is 1. The van der Waals surface area contributed by atoms with Crippen molar-refractivity contribution < 1.29 is 40.7 Å². The molecule has 2 unspecified atom stereocenters. The molecule has 4 nitrogen and oxygen atoms in total. The molecule has 4 bridgehead atoms. The van der Waals surface area contributed by atoms with Gasteiger partial charge in [-0.05, 0) is 49.0 Å². The average molecular weight is 435 g/mol. The van der Waals surface area contributed by atoms with Gasteiger partial charge in [0.1, 0.15) is 5.60 Å². The van der Waals surface area contributed by atoms with Crippen molar-refractivity contribution in [3.8, 4) is 0 Å². The number of hydrogen-bond donors (Lipinski definition) is 1. The van der Waals surface area contributed by atoms with Crippen LogP contribution in [0, 0.1) is 23.7 Å². The average Bonchev–Trinajstić information content (AvgIpc) is 3.04. The molecule has 6 atom stereocenters. The Balaban J connectivity index is 1.74. The fourth-order valence-electron chi connectivity index (χ4n) is 6.00. The molecule has 4 aliphatic carbocycles. The molecule has 10 heteroatoms. The van der Waals surface area contributed by atoms with Crippen molar-refractivity contribution in [1.82, 2.24) is 5.32 Å². The van der Waals surface area contributed by atoms with Crippen LogP contribution in [0.25, 0.3) is 0 Å². The van der Waals surface area contributed by atoms with Gasteiger partial charge in [-0.2, -0.15) is 26.3 Å². The highest BCUT2D eigenvalue weighted by molar-refractivity contribution is 5.82. The third-order valence-electron chi connectivity index (χ3n) is 6.75. The third-order valence-corrected chi connectivity index (χ3v) is 6.75. The van der Waals surface area contributed by atoms with Crippen molar-refractivity contribution in [2.75, 3.05) is 0 Å². The largest absolute Gasteiger partial charge is 0.490 e. The van der Waals surface area contributed by atoms with E-state index in [0.717, 1.165) is 6.42 Å². The normalized spacial score (nSPS) is 33.4. The molecule has 0 aliphatic heterocycles. The van der Waals surface area contributed by atoms with Crippen molar-refractivity contribution in [3.05, 3.63) is 35.9 Å². The number of hydrogen-bond acceptors (Lipinski definition) is 3. The molecule has 1 amide bonds. The summed E-state index contributed by atoms with van der Waals surface area (Å²) in [7, 11) is 0. The van der Waals surface area contributed by atoms with Gasteiger partial charge in [0.2, 0.25) is 0 Å². The fraction of sp³-hybridized carbons (Fsp3) is 0.600. The summed E-state index contributed by atoms with van der Waals surface area (Å²) in [5.41, 5.74) is -1.22. The first-order chi connectivity index (χ1) is 13.9. The van der Waals surface area contributed by atoms with E-state index in [2.05, 4.69) is 0 Å². The molecule has 30 heavy (non-hydrogen) atoms. The summed E-state index contributed by atoms with van der Waals surface area (Å²) in [6, 6.07) is 6.58. The van der Waals surface area contributed by atoms with Gasteiger partial charge in [-0.3, -0.25) is 4.79 Å². The van der Waals surface area contributed by atoms with Gasteiger partial charge in [-0.15, -0.1) is 0 Å². The Bertz CT molecular complexity index is 835. The number of ether oxygens (including phenoxy) is 1. The van der Waals surface area contributed by atoms with Crippen LogP contribution in [0.4, 0.5) is 26.3 Å². The van der Waals surface area contributed by atoms with E-state index in [9.17, 15) is 35.9 Å². The molecule has 5 rings (SSSR count). The number of carbonyl (C=O) groups is 2. The van der Waals surface area contributed by atoms with Crippen LogP contribution in [0.2, 0.25) is 0 Å². The quantitative estimate of drug-likeness (QED) is 0.566. The summed E-state index contributed by atoms with van der Waals surface area (Å²) in [6.07, 6.45) is -8.69. The monoisotopic (exact) mass is 435 g/mol. The molecule has 0 aromatic heterocycles. The SMILES string of the molecule is O=C(N[C@@H](c1ccccc1)[C@H]1C2CC3C[C@H]2C[C@@]1(OC(=O)C(F)(F)F)C3)C(F)(F)F. The molecule has 4 aliphatic rings. The van der Waals surface area contributed by atoms with Crippen molar-refractivity contribution >= 4 is 11.9 Å². The first-order valence-corrected chi connectivity index (χ1v) is 9.63. The molecule has 1 aromatic carbocycles. The Hall–Kier alpha value is -2.26. The maximum Gasteiger partial charge on any atom is 0.490 e. The molecule has 4 saturated carbocycles. The molecular weight excluding hydrogens is 416 g/mol. The van der Waals surface area contributed by atoms with Crippen LogP contribution in [0.5, 0.6) is 0 Å². The second-order valence-corrected chi connectivity index (χ2v) is 8.51. The summed E-state index contributed by atoms with van der Waals surface area (Å²) >= 11 is 0. The van der Waals surface area contributed by atoms with Crippen molar-refractivity contribution in [2.24, 2.45) is 23.7 Å². The molecule has 0 radical (unpaired) electrons. The molecule has 164 valence electrons. The zero-order valence-electron chi connectivity index (χ0n) is 15.6. The van der Waals surface area contributed by atoms with Gasteiger partial charge in [0.05, 0.1) is 6.04 Å². The number of halogens is 6. The molecular formula is C20H19F6NO3. The van der Waals surface area contributed by atoms with Gasteiger partial charge in [0, 0.05) is 5.92 Å². The van der Waals surface area contributed by atoms with E-state index in [1.54, 1.807) is 18.2 Å². The van der Waals surface area contributed by atoms with E-state index in [-0.39, 0.29) is 30.6 Å². The molecule has 0 spiro atoms. The minimum absolute atomic E-state index is 0.0521. The molecule has 0 saturated heterocycles. The maximum atomic E-state index is 13.0. The van der Waals surface area contributed by atoms with E-state index in [1.807, 2.05) is 5.32 Å². The fourth-order valence-corrected chi connectivity index (χ4v) is 6.00. The predicted octanol–water partition coefficient (Wildman–Crippen LogP) is 4.32. The second-order valence-electron chi connectivity index (χ2n) is 8.51. The molecule has 0 heterocycles. The number of nitrogens with one attached hydrogen (secondary N) is 1. The number of carbonyl (C=O) groups excluding carboxylic acids is 2. The Kier molecular flexibility index (Phi) is 4.81. The smallest absolute Gasteiger partial charge is 0.452 e. The summed E-state index contributed by atoms with van der Waals surface area (Å²) in [5, 5.41) is 1.98. The van der Waals surface area contributed by atoms with Crippen LogP contribution < -0.4 is 5.32 Å². The van der Waals surface area contributed by atoms with Crippen molar-refractivity contribution in [2.45, 2.75) is 49.7 Å². The van der Waals surface area contributed by atoms with Crippen molar-refractivity contribution in [1.29, 1.82) is 0 Å². The van der Waals surface area contributed by atoms with Crippen LogP contribution in [0.15, 0.2) is 30.3 Å². The summed E-state index contributed by atoms with van der Waals surface area (Å²) in [5.74, 6) is -5.62. The minimum Gasteiger partial charge on any atom is -0.452 e. The van der Waals surface area contributed by atoms with Gasteiger partial charge in [0.15, 0.2) is 0 Å². The number of amides is 1. The lowest BCUT2D eigenvalue weighted by Crippen LogP contribution is -2.53. The summed E-state index contributed by atoms with van der Waals surface area (Å²) in [6.45, 7) is 0. The van der Waals surface area contributed by atoms with Gasteiger partial charge in [-0.1, -0.05) is 30.3 Å². The second kappa shape index (κ2) is 6.88. The lowest BCUT2D eigenvalue weighted by atomic mass is 9.67. The number of benzene rings is 1. The highest BCUT2D eigenvalue weighted by atomic mass is 19.4. The standard InChI is InChI=1S/C20H19F6NO3/c21-19(22,23)16(28)27-15(11-4-2-1-3-5-11)14-13-7-10-6-12(13)9-18(14,8-10)30-17(29)20(24,25)26/h1-5,10,12-15H,6-9H2,(H,27,28)/t10?,12-,13?,14+,15-,18-/m0/s1. The van der Waals surface area contributed by atoms with Crippen LogP contribution in [-0.2, 0) is 14.3 Å². The highest BCUT2D eigenvalue weighted by Crippen LogP contribution is 2.67. The predicted molar refractivity (Wildman–Crippen MR) is 90.7 cm³/mol. The van der Waals surface area contributed by atoms with Crippen LogP contribution in [-0.4, -0.2) is 29.8 Å². The highest BCUT2D eigenvalue weighted by Gasteiger charge is 2.67. The zero-order chi connectivity index (χ0) is 21.9. The Morgan fingerprint density at radius 2 is 1.67 bits per heavy atom. The van der Waals surface area contributed by atoms with Crippen molar-refractivity contribution in [3.63, 3.8) is 0 Å². The Morgan fingerprint density at radius 1 is 1.00 bits per heavy atom. The third kappa shape index (κ3) is 3.54. The Morgan fingerprint density at radius 3 is 2.27 bits per heavy atom.